The first kappa shape index (κ1) is 12.2. The Bertz CT molecular complexity index is 526. The third kappa shape index (κ3) is 1.98. The molecule has 0 amide bonds. The molecule has 5 nitrogen and oxygen atoms in total. The van der Waals surface area contributed by atoms with Crippen LogP contribution in [0.15, 0.2) is 18.2 Å². The minimum atomic E-state index is -3.09. The highest BCUT2D eigenvalue weighted by Gasteiger charge is 2.44. The van der Waals surface area contributed by atoms with E-state index in [1.54, 1.807) is 18.2 Å². The summed E-state index contributed by atoms with van der Waals surface area (Å²) < 4.78 is 33.5. The van der Waals surface area contributed by atoms with Crippen molar-refractivity contribution in [3.63, 3.8) is 0 Å². The van der Waals surface area contributed by atoms with E-state index in [4.69, 9.17) is 15.2 Å². The predicted octanol–water partition coefficient (Wildman–Crippen LogP) is 0.501. The topological polar surface area (TPSA) is 78.6 Å². The highest BCUT2D eigenvalue weighted by molar-refractivity contribution is 7.93. The number of rotatable bonds is 3. The standard InChI is InChI=1S/C11H15NO4S/c1-15-9-4-3-7(5-10(9)16-2)11-8(12)6-17(11,13)14/h3-5,8,11H,6,12H2,1-2H3. The van der Waals surface area contributed by atoms with Gasteiger partial charge >= 0.3 is 0 Å². The van der Waals surface area contributed by atoms with Crippen molar-refractivity contribution in [1.82, 2.24) is 0 Å². The summed E-state index contributed by atoms with van der Waals surface area (Å²) >= 11 is 0. The lowest BCUT2D eigenvalue weighted by atomic mass is 10.1. The van der Waals surface area contributed by atoms with Crippen molar-refractivity contribution in [3.05, 3.63) is 23.8 Å². The highest BCUT2D eigenvalue weighted by Crippen LogP contribution is 2.39. The zero-order valence-corrected chi connectivity index (χ0v) is 10.5. The Hall–Kier alpha value is -1.27. The van der Waals surface area contributed by atoms with E-state index < -0.39 is 15.1 Å². The normalized spacial score (nSPS) is 26.1. The van der Waals surface area contributed by atoms with Gasteiger partial charge in [0.2, 0.25) is 0 Å². The van der Waals surface area contributed by atoms with Crippen molar-refractivity contribution in [2.75, 3.05) is 20.0 Å². The van der Waals surface area contributed by atoms with Gasteiger partial charge in [0.25, 0.3) is 0 Å². The van der Waals surface area contributed by atoms with E-state index in [0.29, 0.717) is 17.1 Å². The monoisotopic (exact) mass is 257 g/mol. The third-order valence-electron chi connectivity index (χ3n) is 2.94. The minimum Gasteiger partial charge on any atom is -0.493 e. The highest BCUT2D eigenvalue weighted by atomic mass is 32.2. The van der Waals surface area contributed by atoms with Crippen LogP contribution in [-0.4, -0.2) is 34.4 Å². The molecule has 1 aliphatic rings. The van der Waals surface area contributed by atoms with E-state index >= 15 is 0 Å². The van der Waals surface area contributed by atoms with Gasteiger partial charge in [-0.1, -0.05) is 6.07 Å². The molecule has 0 bridgehead atoms. The first-order valence-electron chi connectivity index (χ1n) is 5.18. The summed E-state index contributed by atoms with van der Waals surface area (Å²) in [6.07, 6.45) is 0. The summed E-state index contributed by atoms with van der Waals surface area (Å²) in [5.41, 5.74) is 6.40. The fraction of sp³-hybridized carbons (Fsp3) is 0.455. The molecule has 0 radical (unpaired) electrons. The summed E-state index contributed by atoms with van der Waals surface area (Å²) in [7, 11) is -0.0486. The van der Waals surface area contributed by atoms with Gasteiger partial charge in [-0.05, 0) is 17.7 Å². The summed E-state index contributed by atoms with van der Waals surface area (Å²) in [6.45, 7) is 0. The second kappa shape index (κ2) is 4.19. The molecule has 0 saturated carbocycles. The second-order valence-electron chi connectivity index (χ2n) is 4.03. The molecule has 2 rings (SSSR count). The Labute approximate surface area is 100 Å². The average Bonchev–Trinajstić information content (AvgIpc) is 2.27. The maximum Gasteiger partial charge on any atom is 0.161 e. The SMILES string of the molecule is COc1ccc(C2C(N)CS2(=O)=O)cc1OC. The Morgan fingerprint density at radius 3 is 2.35 bits per heavy atom. The molecule has 1 aromatic rings. The number of ether oxygens (including phenoxy) is 2. The zero-order chi connectivity index (χ0) is 12.6. The molecule has 1 aliphatic heterocycles. The summed E-state index contributed by atoms with van der Waals surface area (Å²) in [5.74, 6) is 1.13. The van der Waals surface area contributed by atoms with Crippen LogP contribution in [0.2, 0.25) is 0 Å². The molecule has 1 aromatic carbocycles. The molecule has 1 heterocycles. The van der Waals surface area contributed by atoms with Crippen LogP contribution < -0.4 is 15.2 Å². The minimum absolute atomic E-state index is 0.0476. The summed E-state index contributed by atoms with van der Waals surface area (Å²) in [5, 5.41) is -0.623. The van der Waals surface area contributed by atoms with Crippen molar-refractivity contribution in [2.45, 2.75) is 11.3 Å². The fourth-order valence-electron chi connectivity index (χ4n) is 2.09. The van der Waals surface area contributed by atoms with E-state index in [2.05, 4.69) is 0 Å². The van der Waals surface area contributed by atoms with Gasteiger partial charge in [-0.15, -0.1) is 0 Å². The fourth-order valence-corrected chi connectivity index (χ4v) is 3.86. The van der Waals surface area contributed by atoms with Gasteiger partial charge in [0.05, 0.1) is 20.0 Å². The molecule has 2 unspecified atom stereocenters. The number of benzene rings is 1. The van der Waals surface area contributed by atoms with Crippen LogP contribution in [0.3, 0.4) is 0 Å². The van der Waals surface area contributed by atoms with Crippen LogP contribution in [0.1, 0.15) is 10.8 Å². The Morgan fingerprint density at radius 2 is 1.88 bits per heavy atom. The maximum atomic E-state index is 11.6. The molecule has 6 heteroatoms. The Kier molecular flexibility index (Phi) is 3.01. The molecular weight excluding hydrogens is 242 g/mol. The van der Waals surface area contributed by atoms with E-state index in [1.807, 2.05) is 0 Å². The molecule has 0 aromatic heterocycles. The number of methoxy groups -OCH3 is 2. The zero-order valence-electron chi connectivity index (χ0n) is 9.71. The molecule has 2 N–H and O–H groups in total. The lowest BCUT2D eigenvalue weighted by Crippen LogP contribution is -2.50. The summed E-state index contributed by atoms with van der Waals surface area (Å²) in [4.78, 5) is 0. The van der Waals surface area contributed by atoms with Gasteiger partial charge in [0.15, 0.2) is 21.3 Å². The van der Waals surface area contributed by atoms with Crippen LogP contribution in [0.4, 0.5) is 0 Å². The largest absolute Gasteiger partial charge is 0.493 e. The van der Waals surface area contributed by atoms with E-state index in [1.165, 1.54) is 14.2 Å². The Balaban J connectivity index is 2.40. The number of hydrogen-bond donors (Lipinski definition) is 1. The van der Waals surface area contributed by atoms with Crippen molar-refractivity contribution >= 4 is 9.84 Å². The van der Waals surface area contributed by atoms with Crippen molar-refractivity contribution in [1.29, 1.82) is 0 Å². The molecule has 0 aliphatic carbocycles. The van der Waals surface area contributed by atoms with Crippen molar-refractivity contribution < 1.29 is 17.9 Å². The van der Waals surface area contributed by atoms with Crippen LogP contribution in [-0.2, 0) is 9.84 Å². The summed E-state index contributed by atoms with van der Waals surface area (Å²) in [6, 6.07) is 4.73. The van der Waals surface area contributed by atoms with Gasteiger partial charge in [0.1, 0.15) is 5.25 Å². The molecule has 0 spiro atoms. The van der Waals surface area contributed by atoms with Crippen LogP contribution >= 0.6 is 0 Å². The lowest BCUT2D eigenvalue weighted by Gasteiger charge is -2.33. The average molecular weight is 257 g/mol. The van der Waals surface area contributed by atoms with Crippen molar-refractivity contribution in [2.24, 2.45) is 5.73 Å². The molecular formula is C11H15NO4S. The molecule has 1 saturated heterocycles. The molecule has 17 heavy (non-hydrogen) atoms. The van der Waals surface area contributed by atoms with Crippen molar-refractivity contribution in [3.8, 4) is 11.5 Å². The van der Waals surface area contributed by atoms with Gasteiger partial charge in [-0.2, -0.15) is 0 Å². The van der Waals surface area contributed by atoms with E-state index in [0.717, 1.165) is 0 Å². The number of sulfone groups is 1. The Morgan fingerprint density at radius 1 is 1.24 bits per heavy atom. The van der Waals surface area contributed by atoms with Crippen LogP contribution in [0.25, 0.3) is 0 Å². The van der Waals surface area contributed by atoms with Gasteiger partial charge < -0.3 is 15.2 Å². The maximum absolute atomic E-state index is 11.6. The predicted molar refractivity (Wildman–Crippen MR) is 64.0 cm³/mol. The second-order valence-corrected chi connectivity index (χ2v) is 6.20. The third-order valence-corrected chi connectivity index (χ3v) is 5.18. The quantitative estimate of drug-likeness (QED) is 0.853. The van der Waals surface area contributed by atoms with Gasteiger partial charge in [-0.25, -0.2) is 8.42 Å². The smallest absolute Gasteiger partial charge is 0.161 e. The molecule has 1 fully saturated rings. The van der Waals surface area contributed by atoms with Gasteiger partial charge in [0, 0.05) is 6.04 Å². The van der Waals surface area contributed by atoms with Crippen LogP contribution in [0.5, 0.6) is 11.5 Å². The van der Waals surface area contributed by atoms with E-state index in [9.17, 15) is 8.42 Å². The first-order chi connectivity index (χ1) is 7.99. The number of nitrogens with two attached hydrogens (primary N) is 1. The lowest BCUT2D eigenvalue weighted by molar-refractivity contribution is 0.354. The first-order valence-corrected chi connectivity index (χ1v) is 6.90. The van der Waals surface area contributed by atoms with Gasteiger partial charge in [-0.3, -0.25) is 0 Å². The van der Waals surface area contributed by atoms with Crippen LogP contribution in [0, 0.1) is 0 Å². The molecule has 2 atom stereocenters. The number of hydrogen-bond acceptors (Lipinski definition) is 5. The van der Waals surface area contributed by atoms with E-state index in [-0.39, 0.29) is 11.8 Å². The molecule has 94 valence electrons.